The SMILES string of the molecule is CCn1ccnc1C[C@@H](C)N. The van der Waals surface area contributed by atoms with Crippen molar-refractivity contribution >= 4 is 0 Å². The Labute approximate surface area is 67.2 Å². The number of aromatic nitrogens is 2. The molecule has 1 aromatic heterocycles. The minimum Gasteiger partial charge on any atom is -0.335 e. The van der Waals surface area contributed by atoms with Crippen molar-refractivity contribution in [1.29, 1.82) is 0 Å². The summed E-state index contributed by atoms with van der Waals surface area (Å²) in [7, 11) is 0. The molecule has 0 fully saturated rings. The Morgan fingerprint density at radius 3 is 3.00 bits per heavy atom. The highest BCUT2D eigenvalue weighted by molar-refractivity contribution is 4.93. The molecule has 0 unspecified atom stereocenters. The highest BCUT2D eigenvalue weighted by Crippen LogP contribution is 1.99. The largest absolute Gasteiger partial charge is 0.335 e. The van der Waals surface area contributed by atoms with Gasteiger partial charge in [-0.25, -0.2) is 4.98 Å². The lowest BCUT2D eigenvalue weighted by atomic mass is 10.2. The number of nitrogens with zero attached hydrogens (tertiary/aromatic N) is 2. The van der Waals surface area contributed by atoms with E-state index in [1.807, 2.05) is 19.3 Å². The van der Waals surface area contributed by atoms with Crippen LogP contribution >= 0.6 is 0 Å². The van der Waals surface area contributed by atoms with Gasteiger partial charge in [0.1, 0.15) is 5.82 Å². The van der Waals surface area contributed by atoms with Crippen LogP contribution in [0.15, 0.2) is 12.4 Å². The lowest BCUT2D eigenvalue weighted by molar-refractivity contribution is 0.637. The lowest BCUT2D eigenvalue weighted by Gasteiger charge is -2.06. The molecule has 0 bridgehead atoms. The first-order valence-corrected chi connectivity index (χ1v) is 3.99. The van der Waals surface area contributed by atoms with Crippen molar-refractivity contribution in [1.82, 2.24) is 9.55 Å². The zero-order valence-electron chi connectivity index (χ0n) is 7.12. The maximum atomic E-state index is 5.65. The molecule has 3 heteroatoms. The Morgan fingerprint density at radius 1 is 1.73 bits per heavy atom. The Morgan fingerprint density at radius 2 is 2.45 bits per heavy atom. The second-order valence-electron chi connectivity index (χ2n) is 2.81. The Bertz CT molecular complexity index is 215. The van der Waals surface area contributed by atoms with Crippen LogP contribution in [0, 0.1) is 0 Å². The molecular weight excluding hydrogens is 138 g/mol. The van der Waals surface area contributed by atoms with Crippen LogP contribution in [-0.2, 0) is 13.0 Å². The van der Waals surface area contributed by atoms with Crippen LogP contribution < -0.4 is 5.73 Å². The van der Waals surface area contributed by atoms with E-state index in [0.29, 0.717) is 0 Å². The van der Waals surface area contributed by atoms with Gasteiger partial charge in [0, 0.05) is 31.4 Å². The Kier molecular flexibility index (Phi) is 2.65. The van der Waals surface area contributed by atoms with Crippen LogP contribution in [0.2, 0.25) is 0 Å². The zero-order valence-corrected chi connectivity index (χ0v) is 7.12. The molecule has 0 saturated carbocycles. The van der Waals surface area contributed by atoms with Gasteiger partial charge in [-0.05, 0) is 13.8 Å². The first-order valence-electron chi connectivity index (χ1n) is 3.99. The average molecular weight is 153 g/mol. The van der Waals surface area contributed by atoms with E-state index in [4.69, 9.17) is 5.73 Å². The van der Waals surface area contributed by atoms with Crippen LogP contribution in [0.25, 0.3) is 0 Å². The number of aryl methyl sites for hydroxylation is 1. The fourth-order valence-corrected chi connectivity index (χ4v) is 1.11. The van der Waals surface area contributed by atoms with E-state index < -0.39 is 0 Å². The van der Waals surface area contributed by atoms with Gasteiger partial charge in [0.2, 0.25) is 0 Å². The zero-order chi connectivity index (χ0) is 8.27. The van der Waals surface area contributed by atoms with Crippen LogP contribution in [0.4, 0.5) is 0 Å². The van der Waals surface area contributed by atoms with Gasteiger partial charge >= 0.3 is 0 Å². The van der Waals surface area contributed by atoms with Crippen molar-refractivity contribution < 1.29 is 0 Å². The Balaban J connectivity index is 2.68. The molecule has 0 aromatic carbocycles. The average Bonchev–Trinajstić information content (AvgIpc) is 2.34. The molecule has 3 nitrogen and oxygen atoms in total. The molecule has 0 aliphatic heterocycles. The van der Waals surface area contributed by atoms with E-state index in [-0.39, 0.29) is 6.04 Å². The third-order valence-electron chi connectivity index (χ3n) is 1.65. The minimum atomic E-state index is 0.197. The van der Waals surface area contributed by atoms with E-state index in [2.05, 4.69) is 16.5 Å². The second-order valence-corrected chi connectivity index (χ2v) is 2.81. The monoisotopic (exact) mass is 153 g/mol. The fraction of sp³-hybridized carbons (Fsp3) is 0.625. The maximum absolute atomic E-state index is 5.65. The first kappa shape index (κ1) is 8.27. The van der Waals surface area contributed by atoms with Gasteiger partial charge in [0.25, 0.3) is 0 Å². The number of imidazole rings is 1. The van der Waals surface area contributed by atoms with Crippen molar-refractivity contribution in [2.24, 2.45) is 5.73 Å². The van der Waals surface area contributed by atoms with Crippen LogP contribution in [0.1, 0.15) is 19.7 Å². The molecule has 11 heavy (non-hydrogen) atoms. The summed E-state index contributed by atoms with van der Waals surface area (Å²) in [5.41, 5.74) is 5.65. The topological polar surface area (TPSA) is 43.8 Å². The fourth-order valence-electron chi connectivity index (χ4n) is 1.11. The summed E-state index contributed by atoms with van der Waals surface area (Å²) in [6, 6.07) is 0.197. The maximum Gasteiger partial charge on any atom is 0.110 e. The van der Waals surface area contributed by atoms with Gasteiger partial charge in [0.05, 0.1) is 0 Å². The summed E-state index contributed by atoms with van der Waals surface area (Å²) in [5, 5.41) is 0. The number of hydrogen-bond donors (Lipinski definition) is 1. The summed E-state index contributed by atoms with van der Waals surface area (Å²) in [4.78, 5) is 4.21. The molecule has 0 aliphatic rings. The lowest BCUT2D eigenvalue weighted by Crippen LogP contribution is -2.20. The predicted octanol–water partition coefficient (Wildman–Crippen LogP) is 0.793. The molecule has 62 valence electrons. The van der Waals surface area contributed by atoms with E-state index in [0.717, 1.165) is 18.8 Å². The van der Waals surface area contributed by atoms with E-state index >= 15 is 0 Å². The van der Waals surface area contributed by atoms with Crippen LogP contribution in [-0.4, -0.2) is 15.6 Å². The molecule has 0 radical (unpaired) electrons. The highest BCUT2D eigenvalue weighted by Gasteiger charge is 2.02. The van der Waals surface area contributed by atoms with E-state index in [1.54, 1.807) is 0 Å². The van der Waals surface area contributed by atoms with Gasteiger partial charge in [-0.3, -0.25) is 0 Å². The first-order chi connectivity index (χ1) is 5.24. The van der Waals surface area contributed by atoms with E-state index in [9.17, 15) is 0 Å². The molecule has 0 saturated heterocycles. The summed E-state index contributed by atoms with van der Waals surface area (Å²) in [6.45, 7) is 5.07. The van der Waals surface area contributed by atoms with Crippen LogP contribution in [0.3, 0.4) is 0 Å². The smallest absolute Gasteiger partial charge is 0.110 e. The molecule has 0 spiro atoms. The third kappa shape index (κ3) is 2.05. The van der Waals surface area contributed by atoms with Crippen LogP contribution in [0.5, 0.6) is 0 Å². The van der Waals surface area contributed by atoms with Crippen molar-refractivity contribution in [3.05, 3.63) is 18.2 Å². The molecule has 0 aliphatic carbocycles. The number of rotatable bonds is 3. The van der Waals surface area contributed by atoms with Crippen molar-refractivity contribution in [3.63, 3.8) is 0 Å². The molecule has 1 rings (SSSR count). The third-order valence-corrected chi connectivity index (χ3v) is 1.65. The van der Waals surface area contributed by atoms with E-state index in [1.165, 1.54) is 0 Å². The van der Waals surface area contributed by atoms with Gasteiger partial charge in [0.15, 0.2) is 0 Å². The standard InChI is InChI=1S/C8H15N3/c1-3-11-5-4-10-8(11)6-7(2)9/h4-5,7H,3,6,9H2,1-2H3/t7-/m1/s1. The van der Waals surface area contributed by atoms with Gasteiger partial charge < -0.3 is 10.3 Å². The molecule has 1 aromatic rings. The van der Waals surface area contributed by atoms with Gasteiger partial charge in [-0.15, -0.1) is 0 Å². The normalized spacial score (nSPS) is 13.4. The predicted molar refractivity (Wildman–Crippen MR) is 45.3 cm³/mol. The highest BCUT2D eigenvalue weighted by atomic mass is 15.1. The molecule has 1 heterocycles. The second kappa shape index (κ2) is 3.53. The summed E-state index contributed by atoms with van der Waals surface area (Å²) >= 11 is 0. The quantitative estimate of drug-likeness (QED) is 0.697. The molecule has 1 atom stereocenters. The summed E-state index contributed by atoms with van der Waals surface area (Å²) < 4.78 is 2.11. The number of nitrogens with two attached hydrogens (primary N) is 1. The molecular formula is C8H15N3. The summed E-state index contributed by atoms with van der Waals surface area (Å²) in [6.07, 6.45) is 4.67. The minimum absolute atomic E-state index is 0.197. The molecule has 0 amide bonds. The Hall–Kier alpha value is -0.830. The van der Waals surface area contributed by atoms with Crippen molar-refractivity contribution in [3.8, 4) is 0 Å². The van der Waals surface area contributed by atoms with Crippen molar-refractivity contribution in [2.45, 2.75) is 32.9 Å². The van der Waals surface area contributed by atoms with Crippen molar-refractivity contribution in [2.75, 3.05) is 0 Å². The summed E-state index contributed by atoms with van der Waals surface area (Å²) in [5.74, 6) is 1.09. The van der Waals surface area contributed by atoms with Gasteiger partial charge in [-0.1, -0.05) is 0 Å². The molecule has 2 N–H and O–H groups in total. The number of hydrogen-bond acceptors (Lipinski definition) is 2. The van der Waals surface area contributed by atoms with Gasteiger partial charge in [-0.2, -0.15) is 0 Å².